The highest BCUT2D eigenvalue weighted by molar-refractivity contribution is 6.18. The van der Waals surface area contributed by atoms with Gasteiger partial charge in [-0.15, -0.1) is 11.6 Å². The molecule has 2 atom stereocenters. The summed E-state index contributed by atoms with van der Waals surface area (Å²) in [6.45, 7) is 8.68. The number of nitrogens with zero attached hydrogens (tertiary/aromatic N) is 2. The topological polar surface area (TPSA) is 15.7 Å². The summed E-state index contributed by atoms with van der Waals surface area (Å²) in [7, 11) is 0. The van der Waals surface area contributed by atoms with Crippen LogP contribution in [0.3, 0.4) is 0 Å². The molecule has 0 amide bonds. The van der Waals surface area contributed by atoms with E-state index in [4.69, 9.17) is 16.3 Å². The first-order valence-electron chi connectivity index (χ1n) is 6.47. The van der Waals surface area contributed by atoms with Crippen LogP contribution >= 0.6 is 11.6 Å². The third-order valence-electron chi connectivity index (χ3n) is 3.79. The van der Waals surface area contributed by atoms with Gasteiger partial charge in [-0.3, -0.25) is 9.80 Å². The zero-order chi connectivity index (χ0) is 11.4. The molecule has 94 valence electrons. The molecule has 2 unspecified atom stereocenters. The van der Waals surface area contributed by atoms with Gasteiger partial charge in [-0.25, -0.2) is 0 Å². The summed E-state index contributed by atoms with van der Waals surface area (Å²) < 4.78 is 5.84. The average Bonchev–Trinajstić information content (AvgIpc) is 2.76. The Morgan fingerprint density at radius 2 is 2.25 bits per heavy atom. The monoisotopic (exact) mass is 246 g/mol. The molecule has 16 heavy (non-hydrogen) atoms. The molecule has 2 saturated heterocycles. The Kier molecular flexibility index (Phi) is 4.89. The number of alkyl halides is 1. The lowest BCUT2D eigenvalue weighted by Gasteiger charge is -2.35. The molecule has 0 saturated carbocycles. The van der Waals surface area contributed by atoms with Crippen molar-refractivity contribution in [1.82, 2.24) is 9.80 Å². The summed E-state index contributed by atoms with van der Waals surface area (Å²) >= 11 is 5.98. The highest BCUT2D eigenvalue weighted by atomic mass is 35.5. The van der Waals surface area contributed by atoms with E-state index in [0.717, 1.165) is 38.7 Å². The Hall–Kier alpha value is 0.170. The largest absolute Gasteiger partial charge is 0.374 e. The number of hydrogen-bond acceptors (Lipinski definition) is 3. The van der Waals surface area contributed by atoms with E-state index < -0.39 is 0 Å². The fourth-order valence-electron chi connectivity index (χ4n) is 2.75. The number of rotatable bonds is 4. The van der Waals surface area contributed by atoms with E-state index in [-0.39, 0.29) is 0 Å². The summed E-state index contributed by atoms with van der Waals surface area (Å²) in [6, 6.07) is 0.585. The van der Waals surface area contributed by atoms with Gasteiger partial charge in [0.05, 0.1) is 12.7 Å². The molecule has 2 aliphatic rings. The smallest absolute Gasteiger partial charge is 0.0829 e. The summed E-state index contributed by atoms with van der Waals surface area (Å²) in [5.41, 5.74) is 0. The first kappa shape index (κ1) is 12.6. The Bertz CT molecular complexity index is 215. The molecule has 0 aromatic carbocycles. The fraction of sp³-hybridized carbons (Fsp3) is 1.00. The van der Waals surface area contributed by atoms with Crippen LogP contribution in [-0.4, -0.2) is 67.2 Å². The molecule has 0 aromatic rings. The van der Waals surface area contributed by atoms with Gasteiger partial charge in [-0.2, -0.15) is 0 Å². The van der Waals surface area contributed by atoms with Crippen molar-refractivity contribution < 1.29 is 4.74 Å². The Balaban J connectivity index is 1.79. The van der Waals surface area contributed by atoms with Gasteiger partial charge in [-0.1, -0.05) is 6.92 Å². The highest BCUT2D eigenvalue weighted by Gasteiger charge is 2.28. The van der Waals surface area contributed by atoms with Crippen LogP contribution < -0.4 is 0 Å². The van der Waals surface area contributed by atoms with E-state index in [2.05, 4.69) is 16.7 Å². The molecule has 0 N–H and O–H groups in total. The van der Waals surface area contributed by atoms with Crippen molar-refractivity contribution in [3.63, 3.8) is 0 Å². The first-order valence-corrected chi connectivity index (χ1v) is 7.01. The zero-order valence-corrected chi connectivity index (χ0v) is 11.0. The van der Waals surface area contributed by atoms with E-state index >= 15 is 0 Å². The van der Waals surface area contributed by atoms with E-state index in [1.54, 1.807) is 0 Å². The van der Waals surface area contributed by atoms with E-state index in [1.807, 2.05) is 0 Å². The summed E-state index contributed by atoms with van der Waals surface area (Å²) in [6.07, 6.45) is 2.94. The Morgan fingerprint density at radius 3 is 3.00 bits per heavy atom. The maximum absolute atomic E-state index is 5.98. The predicted molar refractivity (Wildman–Crippen MR) is 67.2 cm³/mol. The lowest BCUT2D eigenvalue weighted by Crippen LogP contribution is -2.48. The Labute approximate surface area is 104 Å². The van der Waals surface area contributed by atoms with Gasteiger partial charge in [0, 0.05) is 31.6 Å². The van der Waals surface area contributed by atoms with Gasteiger partial charge < -0.3 is 4.74 Å². The second kappa shape index (κ2) is 6.20. The second-order valence-electron chi connectivity index (χ2n) is 4.83. The average molecular weight is 247 g/mol. The molecule has 2 fully saturated rings. The van der Waals surface area contributed by atoms with Gasteiger partial charge >= 0.3 is 0 Å². The van der Waals surface area contributed by atoms with Crippen LogP contribution in [0.25, 0.3) is 0 Å². The Morgan fingerprint density at radius 1 is 1.38 bits per heavy atom. The van der Waals surface area contributed by atoms with Crippen LogP contribution in [0.5, 0.6) is 0 Å². The minimum Gasteiger partial charge on any atom is -0.374 e. The fourth-order valence-corrected chi connectivity index (χ4v) is 3.10. The summed E-state index contributed by atoms with van der Waals surface area (Å²) in [5.74, 6) is 0.768. The lowest BCUT2D eigenvalue weighted by atomic mass is 10.2. The third kappa shape index (κ3) is 3.10. The summed E-state index contributed by atoms with van der Waals surface area (Å²) in [4.78, 5) is 4.98. The number of morpholine rings is 1. The van der Waals surface area contributed by atoms with Crippen molar-refractivity contribution >= 4 is 11.6 Å². The van der Waals surface area contributed by atoms with Crippen LogP contribution in [0.1, 0.15) is 19.8 Å². The summed E-state index contributed by atoms with van der Waals surface area (Å²) in [5, 5.41) is 0. The first-order chi connectivity index (χ1) is 7.83. The quantitative estimate of drug-likeness (QED) is 0.698. The molecule has 2 heterocycles. The lowest BCUT2D eigenvalue weighted by molar-refractivity contribution is -0.0424. The van der Waals surface area contributed by atoms with Crippen LogP contribution in [0.2, 0.25) is 0 Å². The van der Waals surface area contributed by atoms with Crippen LogP contribution in [0, 0.1) is 0 Å². The maximum atomic E-state index is 5.98. The van der Waals surface area contributed by atoms with Crippen LogP contribution in [0.4, 0.5) is 0 Å². The standard InChI is InChI=1S/C12H23ClN2O/c1-2-14-6-7-16-12(9-14)10-15-5-3-4-11(15)8-13/h11-12H,2-10H2,1H3. The molecule has 0 spiro atoms. The number of ether oxygens (including phenoxy) is 1. The molecule has 0 radical (unpaired) electrons. The normalized spacial score (nSPS) is 33.4. The van der Waals surface area contributed by atoms with Gasteiger partial charge in [-0.05, 0) is 25.9 Å². The second-order valence-corrected chi connectivity index (χ2v) is 5.14. The molecule has 2 rings (SSSR count). The van der Waals surface area contributed by atoms with Crippen molar-refractivity contribution in [1.29, 1.82) is 0 Å². The molecular formula is C12H23ClN2O. The number of hydrogen-bond donors (Lipinski definition) is 0. The van der Waals surface area contributed by atoms with Crippen molar-refractivity contribution in [2.75, 3.05) is 45.2 Å². The maximum Gasteiger partial charge on any atom is 0.0829 e. The van der Waals surface area contributed by atoms with Crippen LogP contribution in [-0.2, 0) is 4.74 Å². The van der Waals surface area contributed by atoms with Crippen molar-refractivity contribution in [2.24, 2.45) is 0 Å². The van der Waals surface area contributed by atoms with Gasteiger partial charge in [0.25, 0.3) is 0 Å². The molecule has 3 nitrogen and oxygen atoms in total. The molecule has 2 aliphatic heterocycles. The molecule has 0 aliphatic carbocycles. The van der Waals surface area contributed by atoms with Crippen molar-refractivity contribution in [2.45, 2.75) is 31.9 Å². The predicted octanol–water partition coefficient (Wildman–Crippen LogP) is 1.41. The molecule has 4 heteroatoms. The van der Waals surface area contributed by atoms with E-state index in [9.17, 15) is 0 Å². The van der Waals surface area contributed by atoms with Gasteiger partial charge in [0.1, 0.15) is 0 Å². The molecule has 0 bridgehead atoms. The minimum atomic E-state index is 0.387. The van der Waals surface area contributed by atoms with Gasteiger partial charge in [0.15, 0.2) is 0 Å². The molecule has 0 aromatic heterocycles. The van der Waals surface area contributed by atoms with Crippen LogP contribution in [0.15, 0.2) is 0 Å². The highest BCUT2D eigenvalue weighted by Crippen LogP contribution is 2.19. The SMILES string of the molecule is CCN1CCOC(CN2CCCC2CCl)C1. The number of halogens is 1. The minimum absolute atomic E-state index is 0.387. The third-order valence-corrected chi connectivity index (χ3v) is 4.14. The van der Waals surface area contributed by atoms with Crippen molar-refractivity contribution in [3.8, 4) is 0 Å². The van der Waals surface area contributed by atoms with E-state index in [0.29, 0.717) is 12.1 Å². The number of likely N-dealkylation sites (tertiary alicyclic amines) is 1. The van der Waals surface area contributed by atoms with Crippen molar-refractivity contribution in [3.05, 3.63) is 0 Å². The zero-order valence-electron chi connectivity index (χ0n) is 10.2. The van der Waals surface area contributed by atoms with Gasteiger partial charge in [0.2, 0.25) is 0 Å². The molecular weight excluding hydrogens is 224 g/mol. The van der Waals surface area contributed by atoms with E-state index in [1.165, 1.54) is 19.4 Å². The number of likely N-dealkylation sites (N-methyl/N-ethyl adjacent to an activating group) is 1.